The normalized spacial score (nSPS) is 19.1. The van der Waals surface area contributed by atoms with E-state index in [2.05, 4.69) is 11.4 Å². The summed E-state index contributed by atoms with van der Waals surface area (Å²) in [4.78, 5) is 11.2. The van der Waals surface area contributed by atoms with Gasteiger partial charge in [0.25, 0.3) is 0 Å². The molecule has 0 spiro atoms. The van der Waals surface area contributed by atoms with Crippen LogP contribution in [0.25, 0.3) is 6.08 Å². The van der Waals surface area contributed by atoms with E-state index in [1.54, 1.807) is 25.1 Å². The van der Waals surface area contributed by atoms with E-state index in [4.69, 9.17) is 5.26 Å². The lowest BCUT2D eigenvalue weighted by molar-refractivity contribution is -0.114. The van der Waals surface area contributed by atoms with Crippen molar-refractivity contribution in [2.45, 2.75) is 32.3 Å². The van der Waals surface area contributed by atoms with E-state index in [1.165, 1.54) is 6.92 Å². The first kappa shape index (κ1) is 14.3. The molecule has 104 valence electrons. The smallest absolute Gasteiger partial charge is 0.221 e. The molecule has 2 N–H and O–H groups in total. The number of aliphatic hydroxyl groups is 1. The summed E-state index contributed by atoms with van der Waals surface area (Å²) in [5.74, 6) is -0.145. The standard InChI is InChI=1S/C16H18N2O2/c1-12(19)18-14-6-4-3-5-13(14)7-8-15(2,20)16(11-17)9-10-16/h3-8,20H,9-10H2,1-2H3,(H,18,19)/b8-7+/t15-/m0/s1. The van der Waals surface area contributed by atoms with Crippen molar-refractivity contribution in [3.05, 3.63) is 35.9 Å². The summed E-state index contributed by atoms with van der Waals surface area (Å²) in [7, 11) is 0. The Bertz CT molecular complexity index is 593. The molecule has 1 saturated carbocycles. The molecule has 1 atom stereocenters. The third-order valence-corrected chi connectivity index (χ3v) is 3.79. The molecule has 0 saturated heterocycles. The van der Waals surface area contributed by atoms with Crippen LogP contribution in [0.15, 0.2) is 30.3 Å². The van der Waals surface area contributed by atoms with E-state index in [1.807, 2.05) is 18.2 Å². The van der Waals surface area contributed by atoms with Crippen molar-refractivity contribution in [2.75, 3.05) is 5.32 Å². The molecule has 20 heavy (non-hydrogen) atoms. The molecule has 1 fully saturated rings. The minimum absolute atomic E-state index is 0.145. The molecule has 1 amide bonds. The van der Waals surface area contributed by atoms with Crippen molar-refractivity contribution in [3.8, 4) is 6.07 Å². The Balaban J connectivity index is 2.24. The summed E-state index contributed by atoms with van der Waals surface area (Å²) < 4.78 is 0. The van der Waals surface area contributed by atoms with E-state index in [0.717, 1.165) is 5.56 Å². The summed E-state index contributed by atoms with van der Waals surface area (Å²) in [5.41, 5.74) is -0.331. The fraction of sp³-hybridized carbons (Fsp3) is 0.375. The van der Waals surface area contributed by atoms with E-state index in [9.17, 15) is 9.90 Å². The van der Waals surface area contributed by atoms with E-state index in [0.29, 0.717) is 18.5 Å². The van der Waals surface area contributed by atoms with Crippen molar-refractivity contribution < 1.29 is 9.90 Å². The van der Waals surface area contributed by atoms with Gasteiger partial charge in [-0.1, -0.05) is 30.4 Å². The highest BCUT2D eigenvalue weighted by Crippen LogP contribution is 2.54. The van der Waals surface area contributed by atoms with Crippen LogP contribution in [0.3, 0.4) is 0 Å². The summed E-state index contributed by atoms with van der Waals surface area (Å²) in [6.45, 7) is 3.10. The van der Waals surface area contributed by atoms with Crippen molar-refractivity contribution >= 4 is 17.7 Å². The zero-order chi connectivity index (χ0) is 14.8. The number of benzene rings is 1. The second-order valence-corrected chi connectivity index (χ2v) is 5.44. The van der Waals surface area contributed by atoms with Crippen LogP contribution in [0, 0.1) is 16.7 Å². The molecule has 0 heterocycles. The number of nitrogens with zero attached hydrogens (tertiary/aromatic N) is 1. The second kappa shape index (κ2) is 5.10. The van der Waals surface area contributed by atoms with Crippen molar-refractivity contribution in [2.24, 2.45) is 5.41 Å². The van der Waals surface area contributed by atoms with Crippen LogP contribution in [-0.2, 0) is 4.79 Å². The fourth-order valence-electron chi connectivity index (χ4n) is 2.21. The van der Waals surface area contributed by atoms with Gasteiger partial charge < -0.3 is 10.4 Å². The third kappa shape index (κ3) is 2.73. The van der Waals surface area contributed by atoms with Crippen molar-refractivity contribution in [1.82, 2.24) is 0 Å². The maximum atomic E-state index is 11.2. The van der Waals surface area contributed by atoms with Gasteiger partial charge in [-0.05, 0) is 31.4 Å². The van der Waals surface area contributed by atoms with Gasteiger partial charge in [-0.15, -0.1) is 0 Å². The first-order chi connectivity index (χ1) is 9.40. The highest BCUT2D eigenvalue weighted by Gasteiger charge is 2.55. The average Bonchev–Trinajstić information content (AvgIpc) is 3.18. The number of para-hydroxylation sites is 1. The van der Waals surface area contributed by atoms with Crippen LogP contribution in [0.1, 0.15) is 32.3 Å². The number of hydrogen-bond donors (Lipinski definition) is 2. The summed E-state index contributed by atoms with van der Waals surface area (Å²) in [5, 5.41) is 22.3. The number of nitrogens with one attached hydrogen (secondary N) is 1. The van der Waals surface area contributed by atoms with Gasteiger partial charge in [0.2, 0.25) is 5.91 Å². The Morgan fingerprint density at radius 1 is 1.50 bits per heavy atom. The van der Waals surface area contributed by atoms with Gasteiger partial charge in [0, 0.05) is 12.6 Å². The van der Waals surface area contributed by atoms with Crippen LogP contribution in [0.5, 0.6) is 0 Å². The summed E-state index contributed by atoms with van der Waals surface area (Å²) in [6, 6.07) is 9.54. The maximum Gasteiger partial charge on any atom is 0.221 e. The molecule has 1 aliphatic carbocycles. The van der Waals surface area contributed by atoms with Gasteiger partial charge in [-0.25, -0.2) is 0 Å². The first-order valence-corrected chi connectivity index (χ1v) is 6.60. The number of amides is 1. The zero-order valence-electron chi connectivity index (χ0n) is 11.7. The molecule has 0 unspecified atom stereocenters. The zero-order valence-corrected chi connectivity index (χ0v) is 11.7. The predicted molar refractivity (Wildman–Crippen MR) is 77.7 cm³/mol. The molecule has 0 aliphatic heterocycles. The Labute approximate surface area is 118 Å². The second-order valence-electron chi connectivity index (χ2n) is 5.44. The molecule has 4 heteroatoms. The lowest BCUT2D eigenvalue weighted by atomic mass is 9.86. The number of rotatable bonds is 4. The van der Waals surface area contributed by atoms with E-state index >= 15 is 0 Å². The number of hydrogen-bond acceptors (Lipinski definition) is 3. The summed E-state index contributed by atoms with van der Waals surface area (Å²) in [6.07, 6.45) is 4.83. The molecule has 0 bridgehead atoms. The lowest BCUT2D eigenvalue weighted by Crippen LogP contribution is -2.32. The Morgan fingerprint density at radius 2 is 2.15 bits per heavy atom. The van der Waals surface area contributed by atoms with Crippen LogP contribution in [0.4, 0.5) is 5.69 Å². The van der Waals surface area contributed by atoms with Crippen LogP contribution < -0.4 is 5.32 Å². The quantitative estimate of drug-likeness (QED) is 0.883. The van der Waals surface area contributed by atoms with Gasteiger partial charge in [-0.3, -0.25) is 4.79 Å². The number of carbonyl (C=O) groups is 1. The maximum absolute atomic E-state index is 11.2. The van der Waals surface area contributed by atoms with Gasteiger partial charge >= 0.3 is 0 Å². The topological polar surface area (TPSA) is 73.1 Å². The van der Waals surface area contributed by atoms with Gasteiger partial charge in [-0.2, -0.15) is 5.26 Å². The molecular formula is C16H18N2O2. The molecular weight excluding hydrogens is 252 g/mol. The molecule has 1 aromatic carbocycles. The minimum Gasteiger partial charge on any atom is -0.384 e. The Hall–Kier alpha value is -2.12. The van der Waals surface area contributed by atoms with Gasteiger partial charge in [0.1, 0.15) is 0 Å². The van der Waals surface area contributed by atoms with E-state index < -0.39 is 11.0 Å². The first-order valence-electron chi connectivity index (χ1n) is 6.60. The number of carbonyl (C=O) groups excluding carboxylic acids is 1. The van der Waals surface area contributed by atoms with Crippen molar-refractivity contribution in [1.29, 1.82) is 5.26 Å². The molecule has 2 rings (SSSR count). The Kier molecular flexibility index (Phi) is 3.65. The fourth-order valence-corrected chi connectivity index (χ4v) is 2.21. The van der Waals surface area contributed by atoms with Gasteiger partial charge in [0.15, 0.2) is 0 Å². The molecule has 0 aromatic heterocycles. The van der Waals surface area contributed by atoms with Crippen LogP contribution >= 0.6 is 0 Å². The lowest BCUT2D eigenvalue weighted by Gasteiger charge is -2.24. The number of nitriles is 1. The average molecular weight is 270 g/mol. The minimum atomic E-state index is -1.16. The third-order valence-electron chi connectivity index (χ3n) is 3.79. The molecule has 0 radical (unpaired) electrons. The van der Waals surface area contributed by atoms with E-state index in [-0.39, 0.29) is 5.91 Å². The number of anilines is 1. The molecule has 1 aromatic rings. The van der Waals surface area contributed by atoms with Crippen molar-refractivity contribution in [3.63, 3.8) is 0 Å². The molecule has 1 aliphatic rings. The largest absolute Gasteiger partial charge is 0.384 e. The predicted octanol–water partition coefficient (Wildman–Crippen LogP) is 2.71. The van der Waals surface area contributed by atoms with Crippen LogP contribution in [0.2, 0.25) is 0 Å². The SMILES string of the molecule is CC(=O)Nc1ccccc1/C=C/[C@](C)(O)C1(C#N)CC1. The van der Waals surface area contributed by atoms with Crippen LogP contribution in [-0.4, -0.2) is 16.6 Å². The van der Waals surface area contributed by atoms with Gasteiger partial charge in [0.05, 0.1) is 17.1 Å². The highest BCUT2D eigenvalue weighted by molar-refractivity contribution is 5.91. The summed E-state index contributed by atoms with van der Waals surface area (Å²) >= 11 is 0. The monoisotopic (exact) mass is 270 g/mol. The Morgan fingerprint density at radius 3 is 2.70 bits per heavy atom. The highest BCUT2D eigenvalue weighted by atomic mass is 16.3. The molecule has 4 nitrogen and oxygen atoms in total.